The molecule has 0 amide bonds. The molecule has 0 heterocycles. The van der Waals surface area contributed by atoms with E-state index in [1.54, 1.807) is 0 Å². The van der Waals surface area contributed by atoms with Crippen LogP contribution >= 0.6 is 0 Å². The second-order valence-electron chi connectivity index (χ2n) is 5.87. The molecule has 0 aromatic rings. The first kappa shape index (κ1) is 33.5. The van der Waals surface area contributed by atoms with Crippen molar-refractivity contribution in [3.8, 4) is 0 Å². The molecule has 0 saturated carbocycles. The summed E-state index contributed by atoms with van der Waals surface area (Å²) in [6.45, 7) is 24.9. The van der Waals surface area contributed by atoms with E-state index in [0.29, 0.717) is 23.7 Å². The zero-order valence-electron chi connectivity index (χ0n) is 16.1. The topological polar surface area (TPSA) is 58.9 Å². The first-order chi connectivity index (χ1) is 10.3. The Morgan fingerprint density at radius 2 is 0.870 bits per heavy atom. The van der Waals surface area contributed by atoms with Crippen LogP contribution in [0.4, 0.5) is 0 Å². The predicted octanol–water partition coefficient (Wildman–Crippen LogP) is 4.69. The number of carbonyl (C=O) groups excluding carboxylic acids is 2. The molecule has 0 fully saturated rings. The number of hydrogen-bond donors (Lipinski definition) is 0. The third-order valence-corrected chi connectivity index (χ3v) is 1.54. The number of rotatable bonds is 6. The Kier molecular flexibility index (Phi) is 42.3. The maximum atomic E-state index is 8.00. The minimum Gasteiger partial charge on any atom is -0.457 e. The minimum absolute atomic E-state index is 0. The minimum atomic E-state index is 0. The summed E-state index contributed by atoms with van der Waals surface area (Å²) in [7, 11) is 0. The molecule has 0 saturated heterocycles. The monoisotopic (exact) mass is 368 g/mol. The van der Waals surface area contributed by atoms with Gasteiger partial charge in [0.2, 0.25) is 0 Å². The molecule has 0 unspecified atom stereocenters. The van der Waals surface area contributed by atoms with Crippen molar-refractivity contribution in [2.75, 3.05) is 0 Å². The van der Waals surface area contributed by atoms with Gasteiger partial charge in [-0.05, 0) is 0 Å². The van der Waals surface area contributed by atoms with E-state index < -0.39 is 0 Å². The molecule has 0 radical (unpaired) electrons. The fraction of sp³-hybridized carbons (Fsp3) is 0.667. The maximum Gasteiger partial charge on any atom is 2.00 e. The fourth-order valence-electron chi connectivity index (χ4n) is 0.788. The van der Waals surface area contributed by atoms with Crippen molar-refractivity contribution >= 4 is 26.0 Å². The van der Waals surface area contributed by atoms with Crippen LogP contribution in [0.3, 0.4) is 0 Å². The average Bonchev–Trinajstić information content (AvgIpc) is 2.42. The summed E-state index contributed by atoms with van der Waals surface area (Å²) in [5, 5.41) is 0. The van der Waals surface area contributed by atoms with E-state index in [9.17, 15) is 0 Å². The van der Waals surface area contributed by atoms with Gasteiger partial charge in [-0.2, -0.15) is 0 Å². The second-order valence-corrected chi connectivity index (χ2v) is 5.87. The normalized spacial score (nSPS) is 9.57. The van der Waals surface area contributed by atoms with Gasteiger partial charge in [0.15, 0.2) is 0 Å². The van der Waals surface area contributed by atoms with Crippen LogP contribution in [0, 0.1) is 36.8 Å². The van der Waals surface area contributed by atoms with Crippen molar-refractivity contribution in [1.29, 1.82) is 0 Å². The molecule has 138 valence electrons. The zero-order chi connectivity index (χ0) is 18.6. The quantitative estimate of drug-likeness (QED) is 0.388. The van der Waals surface area contributed by atoms with Crippen molar-refractivity contribution in [3.05, 3.63) is 13.1 Å². The summed E-state index contributed by atoms with van der Waals surface area (Å²) in [6.07, 6.45) is 3.92. The Morgan fingerprint density at radius 3 is 1.00 bits per heavy atom. The maximum absolute atomic E-state index is 8.00. The molecule has 0 aliphatic heterocycles. The SMILES string of the molecule is C=O.C=O.CC(C)C=N[CH-]C(C)C.CC(C)C=N[CH-]C(C)C.[Fe+2]. The van der Waals surface area contributed by atoms with Crippen LogP contribution in [0.15, 0.2) is 9.98 Å². The Balaban J connectivity index is -0.0000000743. The number of carbonyl (C=O) groups is 2. The summed E-state index contributed by atoms with van der Waals surface area (Å²) < 4.78 is 0. The zero-order valence-corrected chi connectivity index (χ0v) is 17.2. The van der Waals surface area contributed by atoms with Crippen molar-refractivity contribution in [1.82, 2.24) is 0 Å². The van der Waals surface area contributed by atoms with Gasteiger partial charge < -0.3 is 19.6 Å². The summed E-state index contributed by atoms with van der Waals surface area (Å²) in [6, 6.07) is 0. The second kappa shape index (κ2) is 29.0. The van der Waals surface area contributed by atoms with Crippen LogP contribution in [0.5, 0.6) is 0 Å². The molecular formula is C18H36FeN2O2. The molecule has 0 bridgehead atoms. The van der Waals surface area contributed by atoms with Crippen LogP contribution in [-0.2, 0) is 26.7 Å². The smallest absolute Gasteiger partial charge is 0.457 e. The van der Waals surface area contributed by atoms with Gasteiger partial charge in [0, 0.05) is 0 Å². The molecule has 0 aliphatic carbocycles. The Hall–Kier alpha value is -1.06. The van der Waals surface area contributed by atoms with E-state index in [1.807, 2.05) is 39.1 Å². The third kappa shape index (κ3) is 62.8. The van der Waals surface area contributed by atoms with E-state index in [1.165, 1.54) is 0 Å². The Bertz CT molecular complexity index is 227. The van der Waals surface area contributed by atoms with Crippen LogP contribution in [0.1, 0.15) is 55.4 Å². The average molecular weight is 368 g/mol. The molecule has 0 N–H and O–H groups in total. The van der Waals surface area contributed by atoms with Crippen molar-refractivity contribution in [3.63, 3.8) is 0 Å². The van der Waals surface area contributed by atoms with E-state index in [-0.39, 0.29) is 17.1 Å². The van der Waals surface area contributed by atoms with Crippen LogP contribution < -0.4 is 0 Å². The third-order valence-electron chi connectivity index (χ3n) is 1.54. The molecule has 0 aromatic carbocycles. The van der Waals surface area contributed by atoms with Crippen molar-refractivity contribution < 1.29 is 26.7 Å². The number of aliphatic imine (C=N–C) groups is 2. The van der Waals surface area contributed by atoms with E-state index in [0.717, 1.165) is 0 Å². The van der Waals surface area contributed by atoms with Crippen LogP contribution in [0.25, 0.3) is 0 Å². The molecule has 0 spiro atoms. The van der Waals surface area contributed by atoms with Gasteiger partial charge >= 0.3 is 17.1 Å². The number of hydrogen-bond acceptors (Lipinski definition) is 4. The Morgan fingerprint density at radius 1 is 0.652 bits per heavy atom. The van der Waals surface area contributed by atoms with E-state index >= 15 is 0 Å². The van der Waals surface area contributed by atoms with Crippen LogP contribution in [-0.4, -0.2) is 26.0 Å². The molecule has 0 aromatic heterocycles. The van der Waals surface area contributed by atoms with Crippen molar-refractivity contribution in [2.24, 2.45) is 33.7 Å². The van der Waals surface area contributed by atoms with Gasteiger partial charge in [-0.25, -0.2) is 0 Å². The number of nitrogens with zero attached hydrogens (tertiary/aromatic N) is 2. The molecule has 5 heteroatoms. The molecule has 0 rings (SSSR count). The molecule has 23 heavy (non-hydrogen) atoms. The summed E-state index contributed by atoms with van der Waals surface area (Å²) in [4.78, 5) is 24.2. The van der Waals surface area contributed by atoms with Gasteiger partial charge in [0.1, 0.15) is 13.6 Å². The molecule has 4 nitrogen and oxygen atoms in total. The van der Waals surface area contributed by atoms with Gasteiger partial charge in [0.05, 0.1) is 0 Å². The molecular weight excluding hydrogens is 332 g/mol. The van der Waals surface area contributed by atoms with E-state index in [4.69, 9.17) is 9.59 Å². The van der Waals surface area contributed by atoms with Crippen molar-refractivity contribution in [2.45, 2.75) is 55.4 Å². The Labute approximate surface area is 155 Å². The predicted molar refractivity (Wildman–Crippen MR) is 99.2 cm³/mol. The summed E-state index contributed by atoms with van der Waals surface area (Å²) >= 11 is 0. The van der Waals surface area contributed by atoms with E-state index in [2.05, 4.69) is 65.4 Å². The summed E-state index contributed by atoms with van der Waals surface area (Å²) in [5.41, 5.74) is 0. The molecule has 0 aliphatic rings. The first-order valence-electron chi connectivity index (χ1n) is 7.56. The molecule has 0 atom stereocenters. The standard InChI is InChI=1S/2C8H16N.2CH2O.Fe/c2*1-7(2)5-9-6-8(3)4;2*1-2;/h2*5-8H,1-4H3;2*1H2;/q2*-1;;;+2. The van der Waals surface area contributed by atoms with Gasteiger partial charge in [-0.15, -0.1) is 25.5 Å². The first-order valence-corrected chi connectivity index (χ1v) is 7.56. The van der Waals surface area contributed by atoms with Gasteiger partial charge in [-0.1, -0.05) is 79.1 Å². The largest absolute Gasteiger partial charge is 2.00 e. The van der Waals surface area contributed by atoms with Crippen LogP contribution in [0.2, 0.25) is 0 Å². The summed E-state index contributed by atoms with van der Waals surface area (Å²) in [5.74, 6) is 2.28. The van der Waals surface area contributed by atoms with Gasteiger partial charge in [-0.3, -0.25) is 0 Å². The fourth-order valence-corrected chi connectivity index (χ4v) is 0.788. The van der Waals surface area contributed by atoms with Gasteiger partial charge in [0.25, 0.3) is 0 Å².